The molecule has 0 spiro atoms. The highest BCUT2D eigenvalue weighted by Gasteiger charge is 2.52. The topological polar surface area (TPSA) is 44.2 Å². The summed E-state index contributed by atoms with van der Waals surface area (Å²) in [4.78, 5) is 0. The molecule has 1 aliphatic carbocycles. The molecular weight excluding hydrogens is 227 g/mol. The Bertz CT molecular complexity index is 456. The van der Waals surface area contributed by atoms with Gasteiger partial charge in [-0.15, -0.1) is 0 Å². The Balaban J connectivity index is 1.86. The molecule has 0 bridgehead atoms. The molecule has 0 amide bonds. The Hall–Kier alpha value is -0.935. The zero-order valence-electron chi connectivity index (χ0n) is 11.4. The van der Waals surface area contributed by atoms with Crippen LogP contribution in [0.5, 0.6) is 0 Å². The van der Waals surface area contributed by atoms with Crippen molar-refractivity contribution in [3.63, 3.8) is 0 Å². The van der Waals surface area contributed by atoms with Gasteiger partial charge in [-0.2, -0.15) is 10.2 Å². The Morgan fingerprint density at radius 2 is 1.78 bits per heavy atom. The average Bonchev–Trinajstić information content (AvgIpc) is 3.08. The summed E-state index contributed by atoms with van der Waals surface area (Å²) in [5.74, 6) is 0.597. The normalized spacial score (nSPS) is 25.4. The lowest BCUT2D eigenvalue weighted by Crippen LogP contribution is -2.41. The molecule has 1 aromatic rings. The summed E-state index contributed by atoms with van der Waals surface area (Å²) in [5.41, 5.74) is 1.44. The summed E-state index contributed by atoms with van der Waals surface area (Å²) in [6, 6.07) is 2.08. The van der Waals surface area contributed by atoms with Gasteiger partial charge in [0.1, 0.15) is 0 Å². The minimum Gasteiger partial charge on any atom is -0.399 e. The molecule has 2 heterocycles. The molecule has 1 aliphatic heterocycles. The number of hydrogen-bond donors (Lipinski definition) is 0. The summed E-state index contributed by atoms with van der Waals surface area (Å²) in [5, 5.41) is 8.26. The predicted octanol–water partition coefficient (Wildman–Crippen LogP) is 1.65. The van der Waals surface area contributed by atoms with Gasteiger partial charge in [0, 0.05) is 17.6 Å². The van der Waals surface area contributed by atoms with Gasteiger partial charge in [0.25, 0.3) is 0 Å². The molecule has 2 fully saturated rings. The van der Waals surface area contributed by atoms with E-state index in [2.05, 4.69) is 44.0 Å². The van der Waals surface area contributed by atoms with E-state index < -0.39 is 0 Å². The van der Waals surface area contributed by atoms with Crippen LogP contribution < -0.4 is 5.46 Å². The van der Waals surface area contributed by atoms with Crippen molar-refractivity contribution in [1.82, 2.24) is 10.2 Å². The fraction of sp³-hybridized carbons (Fsp3) is 0.692. The van der Waals surface area contributed by atoms with Crippen LogP contribution in [-0.2, 0) is 9.31 Å². The lowest BCUT2D eigenvalue weighted by Gasteiger charge is -2.32. The van der Waals surface area contributed by atoms with Gasteiger partial charge >= 0.3 is 7.12 Å². The van der Waals surface area contributed by atoms with Crippen molar-refractivity contribution in [2.75, 3.05) is 0 Å². The Morgan fingerprint density at radius 3 is 2.33 bits per heavy atom. The van der Waals surface area contributed by atoms with E-state index in [0.29, 0.717) is 5.92 Å². The second-order valence-corrected chi connectivity index (χ2v) is 6.28. The monoisotopic (exact) mass is 246 g/mol. The zero-order valence-corrected chi connectivity index (χ0v) is 11.4. The quantitative estimate of drug-likeness (QED) is 0.744. The number of nitrogens with zero attached hydrogens (tertiary/aromatic N) is 2. The van der Waals surface area contributed by atoms with Crippen molar-refractivity contribution in [2.45, 2.75) is 57.7 Å². The second-order valence-electron chi connectivity index (χ2n) is 6.28. The molecule has 3 rings (SSSR count). The molecule has 1 saturated heterocycles. The van der Waals surface area contributed by atoms with Gasteiger partial charge in [0.15, 0.2) is 0 Å². The SMILES string of the molecule is CC1(C)OB(c2cnnc(C3CC3)c2)OC1(C)C. The second kappa shape index (κ2) is 3.78. The van der Waals surface area contributed by atoms with Gasteiger partial charge in [-0.25, -0.2) is 0 Å². The first-order valence-corrected chi connectivity index (χ1v) is 6.57. The Labute approximate surface area is 108 Å². The summed E-state index contributed by atoms with van der Waals surface area (Å²) < 4.78 is 12.0. The van der Waals surface area contributed by atoms with Crippen LogP contribution in [0, 0.1) is 0 Å². The van der Waals surface area contributed by atoms with Crippen molar-refractivity contribution < 1.29 is 9.31 Å². The molecule has 2 aliphatic rings. The van der Waals surface area contributed by atoms with Crippen LogP contribution in [0.4, 0.5) is 0 Å². The van der Waals surface area contributed by atoms with E-state index in [1.54, 1.807) is 6.20 Å². The van der Waals surface area contributed by atoms with Gasteiger partial charge in [-0.1, -0.05) is 0 Å². The molecule has 0 N–H and O–H groups in total. The van der Waals surface area contributed by atoms with Crippen molar-refractivity contribution in [2.24, 2.45) is 0 Å². The van der Waals surface area contributed by atoms with E-state index in [4.69, 9.17) is 9.31 Å². The molecular formula is C13H19BN2O2. The minimum atomic E-state index is -0.331. The molecule has 0 atom stereocenters. The molecule has 0 radical (unpaired) electrons. The van der Waals surface area contributed by atoms with E-state index in [-0.39, 0.29) is 18.3 Å². The maximum atomic E-state index is 6.02. The summed E-state index contributed by atoms with van der Waals surface area (Å²) in [6.07, 6.45) is 4.19. The van der Waals surface area contributed by atoms with E-state index in [1.807, 2.05) is 0 Å². The standard InChI is InChI=1S/C13H19BN2O2/c1-12(2)13(3,4)18-14(17-12)10-7-11(9-5-6-9)16-15-8-10/h7-9H,5-6H2,1-4H3. The lowest BCUT2D eigenvalue weighted by molar-refractivity contribution is 0.00578. The molecule has 5 heteroatoms. The Morgan fingerprint density at radius 1 is 1.17 bits per heavy atom. The van der Waals surface area contributed by atoms with Crippen LogP contribution in [0.1, 0.15) is 52.1 Å². The van der Waals surface area contributed by atoms with E-state index in [9.17, 15) is 0 Å². The summed E-state index contributed by atoms with van der Waals surface area (Å²) in [6.45, 7) is 8.24. The molecule has 96 valence electrons. The largest absolute Gasteiger partial charge is 0.496 e. The first kappa shape index (κ1) is 12.1. The summed E-state index contributed by atoms with van der Waals surface area (Å²) in [7, 11) is -0.331. The van der Waals surface area contributed by atoms with Crippen molar-refractivity contribution >= 4 is 12.6 Å². The van der Waals surface area contributed by atoms with Gasteiger partial charge in [-0.05, 0) is 46.6 Å². The van der Waals surface area contributed by atoms with Gasteiger partial charge in [-0.3, -0.25) is 0 Å². The third kappa shape index (κ3) is 1.95. The van der Waals surface area contributed by atoms with Crippen LogP contribution in [0.25, 0.3) is 0 Å². The number of aromatic nitrogens is 2. The van der Waals surface area contributed by atoms with E-state index >= 15 is 0 Å². The fourth-order valence-corrected chi connectivity index (χ4v) is 2.09. The average molecular weight is 246 g/mol. The first-order chi connectivity index (χ1) is 8.39. The maximum Gasteiger partial charge on any atom is 0.496 e. The van der Waals surface area contributed by atoms with Gasteiger partial charge < -0.3 is 9.31 Å². The third-order valence-corrected chi connectivity index (χ3v) is 4.22. The van der Waals surface area contributed by atoms with Crippen LogP contribution >= 0.6 is 0 Å². The van der Waals surface area contributed by atoms with E-state index in [0.717, 1.165) is 11.2 Å². The van der Waals surface area contributed by atoms with Crippen LogP contribution in [0.2, 0.25) is 0 Å². The Kier molecular flexibility index (Phi) is 2.54. The van der Waals surface area contributed by atoms with Gasteiger partial charge in [0.05, 0.1) is 16.9 Å². The van der Waals surface area contributed by atoms with Crippen LogP contribution in [-0.4, -0.2) is 28.5 Å². The van der Waals surface area contributed by atoms with Crippen molar-refractivity contribution in [1.29, 1.82) is 0 Å². The molecule has 0 unspecified atom stereocenters. The van der Waals surface area contributed by atoms with Crippen LogP contribution in [0.3, 0.4) is 0 Å². The minimum absolute atomic E-state index is 0.305. The highest BCUT2D eigenvalue weighted by atomic mass is 16.7. The highest BCUT2D eigenvalue weighted by molar-refractivity contribution is 6.62. The highest BCUT2D eigenvalue weighted by Crippen LogP contribution is 2.39. The lowest BCUT2D eigenvalue weighted by atomic mass is 9.80. The molecule has 18 heavy (non-hydrogen) atoms. The molecule has 0 aromatic carbocycles. The molecule has 1 aromatic heterocycles. The van der Waals surface area contributed by atoms with Crippen molar-refractivity contribution in [3.8, 4) is 0 Å². The summed E-state index contributed by atoms with van der Waals surface area (Å²) >= 11 is 0. The fourth-order valence-electron chi connectivity index (χ4n) is 2.09. The van der Waals surface area contributed by atoms with Crippen LogP contribution in [0.15, 0.2) is 12.3 Å². The predicted molar refractivity (Wildman–Crippen MR) is 69.7 cm³/mol. The smallest absolute Gasteiger partial charge is 0.399 e. The number of hydrogen-bond acceptors (Lipinski definition) is 4. The molecule has 1 saturated carbocycles. The van der Waals surface area contributed by atoms with E-state index in [1.165, 1.54) is 12.8 Å². The maximum absolute atomic E-state index is 6.02. The third-order valence-electron chi connectivity index (χ3n) is 4.22. The molecule has 4 nitrogen and oxygen atoms in total. The number of rotatable bonds is 2. The van der Waals surface area contributed by atoms with Gasteiger partial charge in [0.2, 0.25) is 0 Å². The van der Waals surface area contributed by atoms with Crippen molar-refractivity contribution in [3.05, 3.63) is 18.0 Å². The zero-order chi connectivity index (χ0) is 13.0. The first-order valence-electron chi connectivity index (χ1n) is 6.57.